The largest absolute Gasteiger partial charge is 0.350 e. The molecule has 1 aromatic carbocycles. The number of nitrogens with zero attached hydrogens (tertiary/aromatic N) is 2. The van der Waals surface area contributed by atoms with E-state index in [4.69, 9.17) is 0 Å². The topological polar surface area (TPSA) is 37.8 Å². The van der Waals surface area contributed by atoms with Crippen molar-refractivity contribution in [3.63, 3.8) is 0 Å². The maximum absolute atomic E-state index is 12.5. The predicted molar refractivity (Wildman–Crippen MR) is 55.8 cm³/mol. The minimum Gasteiger partial charge on any atom is -0.350 e. The summed E-state index contributed by atoms with van der Waals surface area (Å²) >= 11 is 0. The van der Waals surface area contributed by atoms with Gasteiger partial charge in [-0.3, -0.25) is 0 Å². The highest BCUT2D eigenvalue weighted by Gasteiger charge is 1.96. The molecule has 0 fully saturated rings. The van der Waals surface area contributed by atoms with Crippen molar-refractivity contribution in [2.24, 2.45) is 0 Å². The molecular weight excluding hydrogens is 193 g/mol. The third kappa shape index (κ3) is 2.74. The second-order valence-corrected chi connectivity index (χ2v) is 3.06. The van der Waals surface area contributed by atoms with E-state index in [0.717, 1.165) is 18.0 Å². The smallest absolute Gasteiger partial charge is 0.223 e. The quantitative estimate of drug-likeness (QED) is 0.831. The van der Waals surface area contributed by atoms with Crippen LogP contribution in [-0.2, 0) is 6.54 Å². The molecule has 0 unspecified atom stereocenters. The first-order chi connectivity index (χ1) is 7.34. The number of hydrogen-bond acceptors (Lipinski definition) is 3. The van der Waals surface area contributed by atoms with Crippen LogP contribution in [0.2, 0.25) is 0 Å². The Balaban J connectivity index is 1.96. The summed E-state index contributed by atoms with van der Waals surface area (Å²) in [5.41, 5.74) is 1.13. The summed E-state index contributed by atoms with van der Waals surface area (Å²) < 4.78 is 12.5. The number of halogens is 1. The van der Waals surface area contributed by atoms with Gasteiger partial charge < -0.3 is 5.32 Å². The number of anilines is 1. The molecule has 0 amide bonds. The minimum absolute atomic E-state index is 0.430. The third-order valence-corrected chi connectivity index (χ3v) is 1.91. The van der Waals surface area contributed by atoms with Gasteiger partial charge in [-0.15, -0.1) is 0 Å². The van der Waals surface area contributed by atoms with E-state index < -0.39 is 5.82 Å². The van der Waals surface area contributed by atoms with Crippen LogP contribution in [0, 0.1) is 5.82 Å². The second kappa shape index (κ2) is 4.50. The summed E-state index contributed by atoms with van der Waals surface area (Å²) in [6.45, 7) is 0.631. The molecule has 0 aliphatic rings. The molecule has 0 saturated heterocycles. The molecule has 0 saturated carbocycles. The zero-order valence-electron chi connectivity index (χ0n) is 8.02. The lowest BCUT2D eigenvalue weighted by Gasteiger charge is -2.03. The monoisotopic (exact) mass is 203 g/mol. The number of benzene rings is 1. The van der Waals surface area contributed by atoms with Crippen molar-refractivity contribution in [3.05, 3.63) is 54.1 Å². The van der Waals surface area contributed by atoms with E-state index in [1.807, 2.05) is 30.3 Å². The molecule has 15 heavy (non-hydrogen) atoms. The lowest BCUT2D eigenvalue weighted by atomic mass is 10.2. The van der Waals surface area contributed by atoms with Gasteiger partial charge in [-0.2, -0.15) is 0 Å². The fourth-order valence-electron chi connectivity index (χ4n) is 1.18. The first-order valence-corrected chi connectivity index (χ1v) is 4.60. The molecule has 2 rings (SSSR count). The van der Waals surface area contributed by atoms with E-state index in [1.54, 1.807) is 0 Å². The van der Waals surface area contributed by atoms with E-state index in [2.05, 4.69) is 15.3 Å². The number of aromatic nitrogens is 2. The van der Waals surface area contributed by atoms with Gasteiger partial charge in [-0.05, 0) is 5.56 Å². The van der Waals surface area contributed by atoms with Gasteiger partial charge in [0, 0.05) is 6.54 Å². The van der Waals surface area contributed by atoms with Crippen molar-refractivity contribution in [3.8, 4) is 0 Å². The predicted octanol–water partition coefficient (Wildman–Crippen LogP) is 2.23. The van der Waals surface area contributed by atoms with E-state index in [9.17, 15) is 4.39 Å². The van der Waals surface area contributed by atoms with Gasteiger partial charge in [0.1, 0.15) is 0 Å². The van der Waals surface area contributed by atoms with Crippen molar-refractivity contribution in [2.45, 2.75) is 6.54 Å². The molecule has 0 aliphatic carbocycles. The molecule has 0 spiro atoms. The molecule has 1 N–H and O–H groups in total. The van der Waals surface area contributed by atoms with Crippen LogP contribution in [-0.4, -0.2) is 9.97 Å². The molecule has 2 aromatic rings. The van der Waals surface area contributed by atoms with Crippen LogP contribution in [0.3, 0.4) is 0 Å². The van der Waals surface area contributed by atoms with Crippen LogP contribution in [0.1, 0.15) is 5.56 Å². The summed E-state index contributed by atoms with van der Waals surface area (Å²) in [6, 6.07) is 9.87. The Labute approximate surface area is 87.0 Å². The van der Waals surface area contributed by atoms with Gasteiger partial charge in [0.15, 0.2) is 5.82 Å². The Kier molecular flexibility index (Phi) is 2.88. The highest BCUT2D eigenvalue weighted by Crippen LogP contribution is 2.03. The molecule has 0 bridgehead atoms. The Bertz CT molecular complexity index is 414. The van der Waals surface area contributed by atoms with E-state index in [0.29, 0.717) is 12.5 Å². The fourth-order valence-corrected chi connectivity index (χ4v) is 1.18. The van der Waals surface area contributed by atoms with E-state index >= 15 is 0 Å². The van der Waals surface area contributed by atoms with Crippen LogP contribution in [0.5, 0.6) is 0 Å². The first kappa shape index (κ1) is 9.58. The number of rotatable bonds is 3. The molecule has 0 aliphatic heterocycles. The maximum Gasteiger partial charge on any atom is 0.223 e. The van der Waals surface area contributed by atoms with Gasteiger partial charge in [0.25, 0.3) is 0 Å². The van der Waals surface area contributed by atoms with Crippen molar-refractivity contribution < 1.29 is 4.39 Å². The normalized spacial score (nSPS) is 9.93. The van der Waals surface area contributed by atoms with Gasteiger partial charge in [0.2, 0.25) is 5.95 Å². The lowest BCUT2D eigenvalue weighted by Crippen LogP contribution is -2.03. The zero-order chi connectivity index (χ0) is 10.5. The molecule has 0 atom stereocenters. The van der Waals surface area contributed by atoms with Crippen LogP contribution in [0.4, 0.5) is 10.3 Å². The summed E-state index contributed by atoms with van der Waals surface area (Å²) in [4.78, 5) is 7.59. The van der Waals surface area contributed by atoms with Gasteiger partial charge >= 0.3 is 0 Å². The van der Waals surface area contributed by atoms with Crippen LogP contribution < -0.4 is 5.32 Å². The maximum atomic E-state index is 12.5. The summed E-state index contributed by atoms with van der Waals surface area (Å²) in [6.07, 6.45) is 2.28. The molecule has 1 heterocycles. The van der Waals surface area contributed by atoms with Crippen molar-refractivity contribution in [1.82, 2.24) is 9.97 Å². The molecule has 3 nitrogen and oxygen atoms in total. The summed E-state index contributed by atoms with van der Waals surface area (Å²) in [7, 11) is 0. The molecule has 76 valence electrons. The van der Waals surface area contributed by atoms with Gasteiger partial charge in [0.05, 0.1) is 12.4 Å². The highest BCUT2D eigenvalue weighted by molar-refractivity contribution is 5.26. The second-order valence-electron chi connectivity index (χ2n) is 3.06. The SMILES string of the molecule is Fc1cnc(NCc2ccccc2)nc1. The molecule has 1 aromatic heterocycles. The average Bonchev–Trinajstić information content (AvgIpc) is 2.30. The minimum atomic E-state index is -0.430. The van der Waals surface area contributed by atoms with E-state index in [-0.39, 0.29) is 0 Å². The van der Waals surface area contributed by atoms with Crippen LogP contribution in [0.25, 0.3) is 0 Å². The van der Waals surface area contributed by atoms with Gasteiger partial charge in [-0.1, -0.05) is 30.3 Å². The van der Waals surface area contributed by atoms with Crippen molar-refractivity contribution in [2.75, 3.05) is 5.32 Å². The van der Waals surface area contributed by atoms with E-state index in [1.165, 1.54) is 0 Å². The Morgan fingerprint density at radius 3 is 2.40 bits per heavy atom. The lowest BCUT2D eigenvalue weighted by molar-refractivity contribution is 0.614. The zero-order valence-corrected chi connectivity index (χ0v) is 8.02. The third-order valence-electron chi connectivity index (χ3n) is 1.91. The first-order valence-electron chi connectivity index (χ1n) is 4.60. The summed E-state index contributed by atoms with van der Waals surface area (Å²) in [5.74, 6) is 0.000476. The van der Waals surface area contributed by atoms with Crippen LogP contribution in [0.15, 0.2) is 42.7 Å². The Hall–Kier alpha value is -1.97. The standard InChI is InChI=1S/C11H10FN3/c12-10-7-14-11(15-8-10)13-6-9-4-2-1-3-5-9/h1-5,7-8H,6H2,(H,13,14,15). The molecule has 0 radical (unpaired) electrons. The van der Waals surface area contributed by atoms with Crippen molar-refractivity contribution in [1.29, 1.82) is 0 Å². The van der Waals surface area contributed by atoms with Crippen molar-refractivity contribution >= 4 is 5.95 Å². The average molecular weight is 203 g/mol. The molecule has 4 heteroatoms. The molecular formula is C11H10FN3. The summed E-state index contributed by atoms with van der Waals surface area (Å²) in [5, 5.41) is 3.00. The Morgan fingerprint density at radius 1 is 1.07 bits per heavy atom. The fraction of sp³-hybridized carbons (Fsp3) is 0.0909. The Morgan fingerprint density at radius 2 is 1.73 bits per heavy atom. The van der Waals surface area contributed by atoms with Crippen LogP contribution >= 0.6 is 0 Å². The highest BCUT2D eigenvalue weighted by atomic mass is 19.1. The van der Waals surface area contributed by atoms with Gasteiger partial charge in [-0.25, -0.2) is 14.4 Å². The number of nitrogens with one attached hydrogen (secondary N) is 1. The number of hydrogen-bond donors (Lipinski definition) is 1.